The van der Waals surface area contributed by atoms with Gasteiger partial charge in [-0.25, -0.2) is 13.7 Å². The maximum atomic E-state index is 14.3. The first-order chi connectivity index (χ1) is 10.8. The molecule has 0 radical (unpaired) electrons. The maximum absolute atomic E-state index is 14.3. The zero-order valence-electron chi connectivity index (χ0n) is 13.2. The number of benzene rings is 2. The number of quaternary nitrogens is 1. The summed E-state index contributed by atoms with van der Waals surface area (Å²) in [6.07, 6.45) is 0. The Morgan fingerprint density at radius 3 is 2.52 bits per heavy atom. The molecular formula is C18H17BrFN2O+. The summed E-state index contributed by atoms with van der Waals surface area (Å²) in [5.41, 5.74) is 2.51. The van der Waals surface area contributed by atoms with Gasteiger partial charge in [0.05, 0.1) is 25.4 Å². The normalized spacial score (nSPS) is 19.8. The molecular weight excluding hydrogens is 359 g/mol. The fourth-order valence-corrected chi connectivity index (χ4v) is 3.32. The Morgan fingerprint density at radius 1 is 1.13 bits per heavy atom. The minimum Gasteiger partial charge on any atom is -0.266 e. The first-order valence-corrected chi connectivity index (χ1v) is 8.13. The molecule has 23 heavy (non-hydrogen) atoms. The molecule has 0 bridgehead atoms. The molecule has 0 saturated carbocycles. The number of carbonyl (C=O) groups is 1. The summed E-state index contributed by atoms with van der Waals surface area (Å²) in [6, 6.07) is 11.7. The van der Waals surface area contributed by atoms with Crippen molar-refractivity contribution in [3.8, 4) is 0 Å². The third-order valence-electron chi connectivity index (χ3n) is 4.18. The second kappa shape index (κ2) is 5.65. The summed E-state index contributed by atoms with van der Waals surface area (Å²) in [7, 11) is 3.68. The van der Waals surface area contributed by atoms with Crippen molar-refractivity contribution in [2.75, 3.05) is 14.1 Å². The third-order valence-corrected chi connectivity index (χ3v) is 4.67. The summed E-state index contributed by atoms with van der Waals surface area (Å²) >= 11 is 3.46. The van der Waals surface area contributed by atoms with Gasteiger partial charge in [-0.1, -0.05) is 28.1 Å². The number of hydrogen-bond donors (Lipinski definition) is 0. The molecule has 0 fully saturated rings. The molecule has 1 aliphatic rings. The summed E-state index contributed by atoms with van der Waals surface area (Å²) in [5, 5.41) is 0. The van der Waals surface area contributed by atoms with Crippen molar-refractivity contribution in [2.24, 2.45) is 4.99 Å². The van der Waals surface area contributed by atoms with Crippen molar-refractivity contribution in [1.82, 2.24) is 4.48 Å². The van der Waals surface area contributed by atoms with E-state index in [0.717, 1.165) is 15.7 Å². The number of amides is 1. The van der Waals surface area contributed by atoms with Gasteiger partial charge in [-0.2, -0.15) is 0 Å². The highest BCUT2D eigenvalue weighted by Crippen LogP contribution is 2.34. The highest BCUT2D eigenvalue weighted by Gasteiger charge is 2.40. The highest BCUT2D eigenvalue weighted by molar-refractivity contribution is 9.10. The van der Waals surface area contributed by atoms with Crippen LogP contribution in [0.5, 0.6) is 0 Å². The lowest BCUT2D eigenvalue weighted by atomic mass is 9.99. The fraction of sp³-hybridized carbons (Fsp3) is 0.222. The van der Waals surface area contributed by atoms with E-state index in [0.29, 0.717) is 11.3 Å². The van der Waals surface area contributed by atoms with E-state index in [1.165, 1.54) is 6.07 Å². The first-order valence-electron chi connectivity index (χ1n) is 7.34. The van der Waals surface area contributed by atoms with Gasteiger partial charge in [-0.3, -0.25) is 4.99 Å². The maximum Gasteiger partial charge on any atom is 0.342 e. The van der Waals surface area contributed by atoms with E-state index in [4.69, 9.17) is 0 Å². The van der Waals surface area contributed by atoms with Gasteiger partial charge >= 0.3 is 5.91 Å². The third kappa shape index (κ3) is 2.64. The minimum atomic E-state index is -0.550. The largest absolute Gasteiger partial charge is 0.342 e. The van der Waals surface area contributed by atoms with Gasteiger partial charge < -0.3 is 0 Å². The van der Waals surface area contributed by atoms with Crippen LogP contribution in [0, 0.1) is 5.82 Å². The lowest BCUT2D eigenvalue weighted by Gasteiger charge is -2.27. The number of likely N-dealkylation sites (N-methyl/N-ethyl adjacent to an activating group) is 1. The first kappa shape index (κ1) is 16.0. The zero-order valence-corrected chi connectivity index (χ0v) is 14.8. The van der Waals surface area contributed by atoms with Gasteiger partial charge in [0.1, 0.15) is 11.5 Å². The number of rotatable bonds is 1. The molecule has 1 atom stereocenters. The smallest absolute Gasteiger partial charge is 0.266 e. The van der Waals surface area contributed by atoms with Crippen LogP contribution in [0.3, 0.4) is 0 Å². The van der Waals surface area contributed by atoms with E-state index in [1.54, 1.807) is 25.1 Å². The summed E-state index contributed by atoms with van der Waals surface area (Å²) in [4.78, 5) is 17.3. The van der Waals surface area contributed by atoms with E-state index in [2.05, 4.69) is 20.9 Å². The molecule has 3 rings (SSSR count). The fourth-order valence-electron chi connectivity index (χ4n) is 2.96. The number of benzodiazepines with no additional fused rings is 1. The molecule has 2 aromatic carbocycles. The van der Waals surface area contributed by atoms with Crippen LogP contribution >= 0.6 is 15.9 Å². The van der Waals surface area contributed by atoms with Crippen molar-refractivity contribution < 1.29 is 9.18 Å². The molecule has 0 saturated heterocycles. The molecule has 0 aromatic heterocycles. The number of hydrogen-bond acceptors (Lipinski definition) is 2. The Balaban J connectivity index is 2.35. The van der Waals surface area contributed by atoms with Crippen molar-refractivity contribution in [3.63, 3.8) is 0 Å². The predicted octanol–water partition coefficient (Wildman–Crippen LogP) is 3.92. The van der Waals surface area contributed by atoms with E-state index in [-0.39, 0.29) is 16.2 Å². The number of aliphatic imine (C=N–C) groups is 1. The van der Waals surface area contributed by atoms with E-state index < -0.39 is 6.04 Å². The Hall–Kier alpha value is -1.85. The van der Waals surface area contributed by atoms with Crippen LogP contribution in [0.4, 0.5) is 10.1 Å². The van der Waals surface area contributed by atoms with Crippen LogP contribution in [-0.4, -0.2) is 31.8 Å². The topological polar surface area (TPSA) is 29.4 Å². The van der Waals surface area contributed by atoms with Gasteiger partial charge in [0, 0.05) is 16.1 Å². The number of nitrogens with zero attached hydrogens (tertiary/aromatic N) is 2. The quantitative estimate of drug-likeness (QED) is 0.694. The summed E-state index contributed by atoms with van der Waals surface area (Å²) in [5.74, 6) is -0.371. The second-order valence-electron chi connectivity index (χ2n) is 6.09. The molecule has 5 heteroatoms. The molecule has 118 valence electrons. The molecule has 1 heterocycles. The van der Waals surface area contributed by atoms with Gasteiger partial charge in [0.15, 0.2) is 6.04 Å². The highest BCUT2D eigenvalue weighted by atomic mass is 79.9. The van der Waals surface area contributed by atoms with Crippen LogP contribution < -0.4 is 4.48 Å². The lowest BCUT2D eigenvalue weighted by molar-refractivity contribution is -0.128. The standard InChI is InChI=1S/C18H17BrFN2O/c1-11-18(23)22(2,3)16-9-8-12(19)10-14(16)17(21-11)13-6-4-5-7-15(13)20/h4-11H,1-3H3/q+1/t11-/m0/s1. The zero-order chi connectivity index (χ0) is 16.8. The van der Waals surface area contributed by atoms with Crippen LogP contribution in [0.1, 0.15) is 18.1 Å². The lowest BCUT2D eigenvalue weighted by Crippen LogP contribution is -2.50. The SMILES string of the molecule is C[C@@H]1N=C(c2ccccc2F)c2cc(Br)ccc2[N+](C)(C)C1=O. The average molecular weight is 376 g/mol. The molecule has 1 amide bonds. The van der Waals surface area contributed by atoms with Crippen LogP contribution in [0.15, 0.2) is 51.9 Å². The van der Waals surface area contributed by atoms with Crippen molar-refractivity contribution >= 4 is 33.2 Å². The second-order valence-corrected chi connectivity index (χ2v) is 7.00. The minimum absolute atomic E-state index is 0.0279. The average Bonchev–Trinajstić information content (AvgIpc) is 2.57. The van der Waals surface area contributed by atoms with E-state index in [1.807, 2.05) is 32.3 Å². The van der Waals surface area contributed by atoms with Gasteiger partial charge in [-0.05, 0) is 31.2 Å². The summed E-state index contributed by atoms with van der Waals surface area (Å²) in [6.45, 7) is 1.75. The molecule has 1 aliphatic heterocycles. The monoisotopic (exact) mass is 375 g/mol. The van der Waals surface area contributed by atoms with Crippen LogP contribution in [0.2, 0.25) is 0 Å². The van der Waals surface area contributed by atoms with Crippen molar-refractivity contribution in [3.05, 3.63) is 63.9 Å². The van der Waals surface area contributed by atoms with Gasteiger partial charge in [0.25, 0.3) is 0 Å². The van der Waals surface area contributed by atoms with Crippen LogP contribution in [0.25, 0.3) is 0 Å². The number of fused-ring (bicyclic) bond motifs is 1. The molecule has 0 spiro atoms. The Morgan fingerprint density at radius 2 is 1.83 bits per heavy atom. The van der Waals surface area contributed by atoms with E-state index in [9.17, 15) is 9.18 Å². The van der Waals surface area contributed by atoms with E-state index >= 15 is 0 Å². The number of carbonyl (C=O) groups excluding carboxylic acids is 1. The van der Waals surface area contributed by atoms with Crippen LogP contribution in [-0.2, 0) is 4.79 Å². The van der Waals surface area contributed by atoms with Crippen molar-refractivity contribution in [2.45, 2.75) is 13.0 Å². The molecule has 0 unspecified atom stereocenters. The Bertz CT molecular complexity index is 830. The number of halogens is 2. The van der Waals surface area contributed by atoms with Gasteiger partial charge in [0.2, 0.25) is 0 Å². The molecule has 3 nitrogen and oxygen atoms in total. The Labute approximate surface area is 143 Å². The van der Waals surface area contributed by atoms with Gasteiger partial charge in [-0.15, -0.1) is 0 Å². The molecule has 0 aliphatic carbocycles. The molecule has 2 aromatic rings. The predicted molar refractivity (Wildman–Crippen MR) is 94.3 cm³/mol. The Kier molecular flexibility index (Phi) is 3.94. The summed E-state index contributed by atoms with van der Waals surface area (Å²) < 4.78 is 15.3. The molecule has 0 N–H and O–H groups in total. The van der Waals surface area contributed by atoms with Crippen molar-refractivity contribution in [1.29, 1.82) is 0 Å².